The van der Waals surface area contributed by atoms with Gasteiger partial charge in [-0.2, -0.15) is 13.2 Å². The topological polar surface area (TPSA) is 69.0 Å². The number of carbonyl (C=O) groups excluding carboxylic acids is 1. The first kappa shape index (κ1) is 20.1. The molecule has 142 valence electrons. The second-order valence-corrected chi connectivity index (χ2v) is 6.62. The molecule has 0 atom stereocenters. The highest BCUT2D eigenvalue weighted by Crippen LogP contribution is 2.28. The molecule has 0 aliphatic rings. The molecule has 6 nitrogen and oxygen atoms in total. The fraction of sp³-hybridized carbons (Fsp3) is 0.438. The van der Waals surface area contributed by atoms with Gasteiger partial charge in [0.1, 0.15) is 12.3 Å². The maximum absolute atomic E-state index is 12.1. The van der Waals surface area contributed by atoms with Crippen molar-refractivity contribution < 1.29 is 22.7 Å². The van der Waals surface area contributed by atoms with E-state index >= 15 is 0 Å². The summed E-state index contributed by atoms with van der Waals surface area (Å²) in [7, 11) is 1.57. The molecule has 1 aromatic heterocycles. The number of rotatable bonds is 7. The van der Waals surface area contributed by atoms with Crippen LogP contribution < -0.4 is 10.1 Å². The van der Waals surface area contributed by atoms with Crippen molar-refractivity contribution in [3.8, 4) is 17.1 Å². The fourth-order valence-electron chi connectivity index (χ4n) is 2.16. The maximum atomic E-state index is 12.1. The number of halogens is 3. The molecule has 26 heavy (non-hydrogen) atoms. The Hall–Kier alpha value is -2.23. The number of alkyl halides is 3. The van der Waals surface area contributed by atoms with Crippen LogP contribution in [0.2, 0.25) is 0 Å². The van der Waals surface area contributed by atoms with Crippen molar-refractivity contribution in [1.29, 1.82) is 0 Å². The van der Waals surface area contributed by atoms with Gasteiger partial charge in [-0.1, -0.05) is 11.8 Å². The van der Waals surface area contributed by atoms with Crippen LogP contribution in [-0.4, -0.2) is 46.3 Å². The first-order chi connectivity index (χ1) is 12.2. The summed E-state index contributed by atoms with van der Waals surface area (Å²) in [5.41, 5.74) is 0.820. The number of hydrogen-bond donors (Lipinski definition) is 1. The smallest absolute Gasteiger partial charge is 0.405 e. The molecule has 0 radical (unpaired) electrons. The number of thioether (sulfide) groups is 1. The molecule has 0 unspecified atom stereocenters. The number of aromatic nitrogens is 3. The molecule has 0 saturated carbocycles. The van der Waals surface area contributed by atoms with Crippen molar-refractivity contribution in [3.63, 3.8) is 0 Å². The van der Waals surface area contributed by atoms with Gasteiger partial charge < -0.3 is 10.1 Å². The molecule has 0 fully saturated rings. The molecule has 0 saturated heterocycles. The Bertz CT molecular complexity index is 745. The van der Waals surface area contributed by atoms with Gasteiger partial charge in [-0.15, -0.1) is 10.2 Å². The van der Waals surface area contributed by atoms with Crippen LogP contribution in [0.1, 0.15) is 19.9 Å². The van der Waals surface area contributed by atoms with Crippen LogP contribution in [-0.2, 0) is 4.79 Å². The first-order valence-electron chi connectivity index (χ1n) is 7.77. The Balaban J connectivity index is 2.12. The monoisotopic (exact) mass is 388 g/mol. The van der Waals surface area contributed by atoms with Crippen LogP contribution in [0.5, 0.6) is 5.75 Å². The predicted octanol–water partition coefficient (Wildman–Crippen LogP) is 3.31. The number of hydrogen-bond acceptors (Lipinski definition) is 5. The average Bonchev–Trinajstić information content (AvgIpc) is 3.01. The molecule has 1 N–H and O–H groups in total. The summed E-state index contributed by atoms with van der Waals surface area (Å²) < 4.78 is 43.4. The lowest BCUT2D eigenvalue weighted by atomic mass is 10.2. The molecule has 0 aliphatic carbocycles. The first-order valence-corrected chi connectivity index (χ1v) is 8.75. The molecular formula is C16H19F3N4O2S. The zero-order chi connectivity index (χ0) is 19.3. The molecule has 2 aromatic rings. The summed E-state index contributed by atoms with van der Waals surface area (Å²) in [5, 5.41) is 10.5. The van der Waals surface area contributed by atoms with E-state index < -0.39 is 18.6 Å². The van der Waals surface area contributed by atoms with Crippen LogP contribution in [0.25, 0.3) is 11.4 Å². The van der Waals surface area contributed by atoms with Gasteiger partial charge in [-0.25, -0.2) is 0 Å². The minimum absolute atomic E-state index is 0.00263. The van der Waals surface area contributed by atoms with E-state index in [1.54, 1.807) is 19.2 Å². The summed E-state index contributed by atoms with van der Waals surface area (Å²) in [6, 6.07) is 7.28. The highest BCUT2D eigenvalue weighted by Gasteiger charge is 2.27. The van der Waals surface area contributed by atoms with E-state index in [4.69, 9.17) is 4.74 Å². The van der Waals surface area contributed by atoms with Crippen molar-refractivity contribution in [2.24, 2.45) is 0 Å². The Morgan fingerprint density at radius 3 is 2.46 bits per heavy atom. The third-order valence-corrected chi connectivity index (χ3v) is 4.29. The molecule has 1 amide bonds. The quantitative estimate of drug-likeness (QED) is 0.737. The van der Waals surface area contributed by atoms with Crippen LogP contribution >= 0.6 is 11.8 Å². The molecule has 2 rings (SSSR count). The predicted molar refractivity (Wildman–Crippen MR) is 92.2 cm³/mol. The number of benzene rings is 1. The van der Waals surface area contributed by atoms with E-state index in [9.17, 15) is 18.0 Å². The Kier molecular flexibility index (Phi) is 6.52. The van der Waals surface area contributed by atoms with Crippen molar-refractivity contribution in [2.75, 3.05) is 19.4 Å². The maximum Gasteiger partial charge on any atom is 0.405 e. The van der Waals surface area contributed by atoms with Gasteiger partial charge in [0.2, 0.25) is 5.91 Å². The number of nitrogens with zero attached hydrogens (tertiary/aromatic N) is 3. The lowest BCUT2D eigenvalue weighted by molar-refractivity contribution is -0.136. The molecule has 10 heteroatoms. The van der Waals surface area contributed by atoms with Gasteiger partial charge in [0, 0.05) is 11.6 Å². The van der Waals surface area contributed by atoms with E-state index in [-0.39, 0.29) is 11.8 Å². The SMILES string of the molecule is COc1ccc(-c2nnc(SCC(=O)NCC(F)(F)F)n2C(C)C)cc1. The summed E-state index contributed by atoms with van der Waals surface area (Å²) in [4.78, 5) is 11.6. The summed E-state index contributed by atoms with van der Waals surface area (Å²) >= 11 is 1.04. The Morgan fingerprint density at radius 1 is 1.27 bits per heavy atom. The van der Waals surface area contributed by atoms with Gasteiger partial charge in [0.15, 0.2) is 11.0 Å². The molecule has 0 bridgehead atoms. The zero-order valence-electron chi connectivity index (χ0n) is 14.5. The van der Waals surface area contributed by atoms with Crippen LogP contribution in [0.4, 0.5) is 13.2 Å². The fourth-order valence-corrected chi connectivity index (χ4v) is 3.05. The molecule has 0 aliphatic heterocycles. The Morgan fingerprint density at radius 2 is 1.92 bits per heavy atom. The molecule has 1 heterocycles. The zero-order valence-corrected chi connectivity index (χ0v) is 15.3. The standard InChI is InChI=1S/C16H19F3N4O2S/c1-10(2)23-14(11-4-6-12(25-3)7-5-11)21-22-15(23)26-8-13(24)20-9-16(17,18)19/h4-7,10H,8-9H2,1-3H3,(H,20,24). The largest absolute Gasteiger partial charge is 0.497 e. The van der Waals surface area contributed by atoms with Gasteiger partial charge in [-0.05, 0) is 38.1 Å². The second-order valence-electron chi connectivity index (χ2n) is 5.68. The van der Waals surface area contributed by atoms with Crippen LogP contribution in [0.3, 0.4) is 0 Å². The van der Waals surface area contributed by atoms with Crippen LogP contribution in [0, 0.1) is 0 Å². The molecular weight excluding hydrogens is 369 g/mol. The van der Waals surface area contributed by atoms with Crippen LogP contribution in [0.15, 0.2) is 29.4 Å². The van der Waals surface area contributed by atoms with Crippen molar-refractivity contribution in [3.05, 3.63) is 24.3 Å². The number of ether oxygens (including phenoxy) is 1. The van der Waals surface area contributed by atoms with Crippen molar-refractivity contribution in [1.82, 2.24) is 20.1 Å². The highest BCUT2D eigenvalue weighted by atomic mass is 32.2. The molecule has 0 spiro atoms. The average molecular weight is 388 g/mol. The van der Waals surface area contributed by atoms with Gasteiger partial charge in [0.25, 0.3) is 0 Å². The molecule has 1 aromatic carbocycles. The summed E-state index contributed by atoms with van der Waals surface area (Å²) in [6.45, 7) is 2.52. The van der Waals surface area contributed by atoms with E-state index in [0.717, 1.165) is 17.3 Å². The van der Waals surface area contributed by atoms with Gasteiger partial charge >= 0.3 is 6.18 Å². The lowest BCUT2D eigenvalue weighted by Gasteiger charge is -2.14. The van der Waals surface area contributed by atoms with E-state index in [2.05, 4.69) is 10.2 Å². The summed E-state index contributed by atoms with van der Waals surface area (Å²) in [6.07, 6.45) is -4.43. The minimum atomic E-state index is -4.43. The highest BCUT2D eigenvalue weighted by molar-refractivity contribution is 7.99. The second kappa shape index (κ2) is 8.43. The number of carbonyl (C=O) groups is 1. The summed E-state index contributed by atoms with van der Waals surface area (Å²) in [5.74, 6) is 0.432. The number of methoxy groups -OCH3 is 1. The number of amides is 1. The van der Waals surface area contributed by atoms with Crippen molar-refractivity contribution in [2.45, 2.75) is 31.2 Å². The third-order valence-electron chi connectivity index (χ3n) is 3.35. The van der Waals surface area contributed by atoms with E-state index in [0.29, 0.717) is 16.7 Å². The van der Waals surface area contributed by atoms with E-state index in [1.807, 2.05) is 35.9 Å². The Labute approximate surface area is 153 Å². The van der Waals surface area contributed by atoms with Gasteiger partial charge in [-0.3, -0.25) is 9.36 Å². The third kappa shape index (κ3) is 5.38. The van der Waals surface area contributed by atoms with E-state index in [1.165, 1.54) is 0 Å². The number of nitrogens with one attached hydrogen (secondary N) is 1. The van der Waals surface area contributed by atoms with Gasteiger partial charge in [0.05, 0.1) is 12.9 Å². The lowest BCUT2D eigenvalue weighted by Crippen LogP contribution is -2.34. The minimum Gasteiger partial charge on any atom is -0.497 e. The normalized spacial score (nSPS) is 11.7. The van der Waals surface area contributed by atoms with Crippen molar-refractivity contribution >= 4 is 17.7 Å².